The summed E-state index contributed by atoms with van der Waals surface area (Å²) in [7, 11) is 0. The minimum atomic E-state index is -0.967. The smallest absolute Gasteiger partial charge is 0.320 e. The Balaban J connectivity index is 3.72. The van der Waals surface area contributed by atoms with Gasteiger partial charge in [-0.1, -0.05) is 5.11 Å². The Morgan fingerprint density at radius 2 is 1.36 bits per heavy atom. The third-order valence-corrected chi connectivity index (χ3v) is 2.84. The Morgan fingerprint density at radius 3 is 1.84 bits per heavy atom. The van der Waals surface area contributed by atoms with E-state index in [0.29, 0.717) is 39.6 Å². The lowest BCUT2D eigenvalue weighted by atomic mass is 10.1. The van der Waals surface area contributed by atoms with Gasteiger partial charge in [0.1, 0.15) is 0 Å². The summed E-state index contributed by atoms with van der Waals surface area (Å²) in [5, 5.41) is 3.33. The number of carbonyl (C=O) groups excluding carboxylic acids is 2. The van der Waals surface area contributed by atoms with Gasteiger partial charge in [0.25, 0.3) is 0 Å². The summed E-state index contributed by atoms with van der Waals surface area (Å²) in [5.74, 6) is -2.16. The van der Waals surface area contributed by atoms with Crippen LogP contribution >= 0.6 is 0 Å². The minimum Gasteiger partial charge on any atom is -0.465 e. The molecule has 0 atom stereocenters. The molecule has 144 valence electrons. The number of rotatable bonds is 16. The molecule has 0 aromatic rings. The van der Waals surface area contributed by atoms with E-state index < -0.39 is 17.9 Å². The second-order valence-electron chi connectivity index (χ2n) is 4.64. The Hall–Kier alpha value is -1.87. The molecule has 0 amide bonds. The predicted molar refractivity (Wildman–Crippen MR) is 87.8 cm³/mol. The molecule has 0 unspecified atom stereocenters. The van der Waals surface area contributed by atoms with Crippen molar-refractivity contribution in [3.63, 3.8) is 0 Å². The van der Waals surface area contributed by atoms with Crippen LogP contribution in [0.3, 0.4) is 0 Å². The predicted octanol–water partition coefficient (Wildman–Crippen LogP) is 1.48. The molecule has 10 nitrogen and oxygen atoms in total. The lowest BCUT2D eigenvalue weighted by Crippen LogP contribution is -2.29. The molecule has 0 N–H and O–H groups in total. The van der Waals surface area contributed by atoms with E-state index in [0.717, 1.165) is 0 Å². The molecule has 0 aliphatic heterocycles. The average Bonchev–Trinajstić information content (AvgIpc) is 2.59. The van der Waals surface area contributed by atoms with Gasteiger partial charge < -0.3 is 23.7 Å². The molecule has 0 aliphatic carbocycles. The van der Waals surface area contributed by atoms with Gasteiger partial charge in [0.2, 0.25) is 0 Å². The standard InChI is InChI=1S/C15H27N3O7/c1-3-24-14(19)13(15(20)25-4-2)5-7-21-9-11-23-12-10-22-8-6-17-18-16/h13H,3-12H2,1-2H3. The van der Waals surface area contributed by atoms with Crippen molar-refractivity contribution in [1.29, 1.82) is 0 Å². The molecular formula is C15H27N3O7. The van der Waals surface area contributed by atoms with Crippen LogP contribution in [0.1, 0.15) is 20.3 Å². The normalized spacial score (nSPS) is 10.4. The van der Waals surface area contributed by atoms with Crippen LogP contribution in [0.2, 0.25) is 0 Å². The summed E-state index contributed by atoms with van der Waals surface area (Å²) >= 11 is 0. The number of azide groups is 1. The van der Waals surface area contributed by atoms with Gasteiger partial charge in [0, 0.05) is 18.1 Å². The van der Waals surface area contributed by atoms with Gasteiger partial charge >= 0.3 is 11.9 Å². The fourth-order valence-electron chi connectivity index (χ4n) is 1.71. The Morgan fingerprint density at radius 1 is 0.880 bits per heavy atom. The zero-order valence-electron chi connectivity index (χ0n) is 14.8. The zero-order valence-corrected chi connectivity index (χ0v) is 14.8. The Labute approximate surface area is 147 Å². The van der Waals surface area contributed by atoms with Crippen molar-refractivity contribution in [3.05, 3.63) is 10.4 Å². The molecule has 10 heteroatoms. The Kier molecular flexibility index (Phi) is 15.7. The van der Waals surface area contributed by atoms with Gasteiger partial charge in [-0.2, -0.15) is 0 Å². The van der Waals surface area contributed by atoms with Crippen molar-refractivity contribution >= 4 is 11.9 Å². The van der Waals surface area contributed by atoms with E-state index in [1.807, 2.05) is 0 Å². The van der Waals surface area contributed by atoms with Crippen molar-refractivity contribution in [1.82, 2.24) is 0 Å². The maximum atomic E-state index is 11.7. The van der Waals surface area contributed by atoms with Gasteiger partial charge in [-0.15, -0.1) is 0 Å². The first-order valence-corrected chi connectivity index (χ1v) is 8.24. The van der Waals surface area contributed by atoms with Crippen LogP contribution in [0, 0.1) is 5.92 Å². The first-order valence-electron chi connectivity index (χ1n) is 8.24. The van der Waals surface area contributed by atoms with E-state index in [2.05, 4.69) is 10.0 Å². The summed E-state index contributed by atoms with van der Waals surface area (Å²) in [6.45, 7) is 6.11. The molecule has 0 aromatic carbocycles. The second-order valence-corrected chi connectivity index (χ2v) is 4.64. The largest absolute Gasteiger partial charge is 0.465 e. The van der Waals surface area contributed by atoms with Gasteiger partial charge in [0.05, 0.1) is 46.2 Å². The molecule has 0 fully saturated rings. The van der Waals surface area contributed by atoms with Crippen LogP contribution in [0.5, 0.6) is 0 Å². The van der Waals surface area contributed by atoms with Crippen LogP contribution in [0.15, 0.2) is 5.11 Å². The van der Waals surface area contributed by atoms with Crippen LogP contribution in [-0.2, 0) is 33.3 Å². The first-order chi connectivity index (χ1) is 12.2. The van der Waals surface area contributed by atoms with Crippen molar-refractivity contribution in [2.75, 3.05) is 59.4 Å². The van der Waals surface area contributed by atoms with Crippen molar-refractivity contribution in [3.8, 4) is 0 Å². The second kappa shape index (κ2) is 17.0. The van der Waals surface area contributed by atoms with Crippen molar-refractivity contribution < 1.29 is 33.3 Å². The summed E-state index contributed by atoms with van der Waals surface area (Å²) in [6, 6.07) is 0. The maximum absolute atomic E-state index is 11.7. The van der Waals surface area contributed by atoms with Gasteiger partial charge in [-0.3, -0.25) is 9.59 Å². The quantitative estimate of drug-likeness (QED) is 0.102. The van der Waals surface area contributed by atoms with Crippen LogP contribution in [0.25, 0.3) is 10.4 Å². The molecule has 0 rings (SSSR count). The summed E-state index contributed by atoms with van der Waals surface area (Å²) in [6.07, 6.45) is 0.195. The van der Waals surface area contributed by atoms with E-state index in [1.54, 1.807) is 13.8 Å². The fraction of sp³-hybridized carbons (Fsp3) is 0.867. The van der Waals surface area contributed by atoms with Crippen molar-refractivity contribution in [2.45, 2.75) is 20.3 Å². The van der Waals surface area contributed by atoms with E-state index in [9.17, 15) is 9.59 Å². The highest BCUT2D eigenvalue weighted by atomic mass is 16.6. The summed E-state index contributed by atoms with van der Waals surface area (Å²) in [5.41, 5.74) is 8.07. The van der Waals surface area contributed by atoms with Gasteiger partial charge in [-0.05, 0) is 25.8 Å². The highest BCUT2D eigenvalue weighted by Crippen LogP contribution is 2.09. The summed E-state index contributed by atoms with van der Waals surface area (Å²) in [4.78, 5) is 26.1. The topological polar surface area (TPSA) is 129 Å². The molecule has 0 aliphatic rings. The van der Waals surface area contributed by atoms with Crippen molar-refractivity contribution in [2.24, 2.45) is 11.0 Å². The van der Waals surface area contributed by atoms with E-state index >= 15 is 0 Å². The van der Waals surface area contributed by atoms with Gasteiger partial charge in [-0.25, -0.2) is 0 Å². The monoisotopic (exact) mass is 361 g/mol. The minimum absolute atomic E-state index is 0.195. The van der Waals surface area contributed by atoms with Gasteiger partial charge in [0.15, 0.2) is 5.92 Å². The lowest BCUT2D eigenvalue weighted by Gasteiger charge is -2.14. The molecule has 0 heterocycles. The number of nitrogens with zero attached hydrogens (tertiary/aromatic N) is 3. The summed E-state index contributed by atoms with van der Waals surface area (Å²) < 4.78 is 25.5. The highest BCUT2D eigenvalue weighted by Gasteiger charge is 2.29. The zero-order chi connectivity index (χ0) is 18.8. The molecule has 0 saturated heterocycles. The third-order valence-electron chi connectivity index (χ3n) is 2.84. The molecule has 0 aromatic heterocycles. The fourth-order valence-corrected chi connectivity index (χ4v) is 1.71. The van der Waals surface area contributed by atoms with Crippen LogP contribution < -0.4 is 0 Å². The van der Waals surface area contributed by atoms with Crippen LogP contribution in [0.4, 0.5) is 0 Å². The lowest BCUT2D eigenvalue weighted by molar-refractivity contribution is -0.162. The Bertz CT molecular complexity index is 396. The highest BCUT2D eigenvalue weighted by molar-refractivity contribution is 5.94. The van der Waals surface area contributed by atoms with E-state index in [-0.39, 0.29) is 26.2 Å². The third kappa shape index (κ3) is 13.1. The molecule has 0 saturated carbocycles. The number of esters is 2. The molecule has 0 spiro atoms. The number of hydrogen-bond donors (Lipinski definition) is 0. The van der Waals surface area contributed by atoms with E-state index in [1.165, 1.54) is 0 Å². The molecule has 25 heavy (non-hydrogen) atoms. The number of carbonyl (C=O) groups is 2. The molecule has 0 bridgehead atoms. The molecular weight excluding hydrogens is 334 g/mol. The number of ether oxygens (including phenoxy) is 5. The van der Waals surface area contributed by atoms with E-state index in [4.69, 9.17) is 29.2 Å². The molecule has 0 radical (unpaired) electrons. The maximum Gasteiger partial charge on any atom is 0.320 e. The number of hydrogen-bond acceptors (Lipinski definition) is 8. The SMILES string of the molecule is CCOC(=O)C(CCOCCOCCOCCN=[N+]=[N-])C(=O)OCC. The first kappa shape index (κ1) is 23.1. The van der Waals surface area contributed by atoms with Crippen LogP contribution in [-0.4, -0.2) is 71.3 Å². The average molecular weight is 361 g/mol.